The van der Waals surface area contributed by atoms with Crippen LogP contribution in [0.5, 0.6) is 0 Å². The number of alkyl halides is 2. The number of rotatable bonds is 42. The van der Waals surface area contributed by atoms with Gasteiger partial charge in [-0.1, -0.05) is 0 Å². The van der Waals surface area contributed by atoms with Crippen LogP contribution in [0.25, 0.3) is 0 Å². The van der Waals surface area contributed by atoms with E-state index in [1.165, 1.54) is 0 Å². The van der Waals surface area contributed by atoms with Crippen LogP contribution >= 0.6 is 0 Å². The third kappa shape index (κ3) is 26.1. The zero-order chi connectivity index (χ0) is 103. The zero-order valence-corrected chi connectivity index (χ0v) is 74.7. The summed E-state index contributed by atoms with van der Waals surface area (Å²) >= 11 is 0. The summed E-state index contributed by atoms with van der Waals surface area (Å²) in [4.78, 5) is 88.0. The van der Waals surface area contributed by atoms with Crippen molar-refractivity contribution in [2.24, 2.45) is 0 Å². The Morgan fingerprint density at radius 2 is 0.604 bits per heavy atom. The van der Waals surface area contributed by atoms with Gasteiger partial charge in [0.2, 0.25) is 29.5 Å². The lowest BCUT2D eigenvalue weighted by Gasteiger charge is -2.51. The molecule has 0 aromatic heterocycles. The van der Waals surface area contributed by atoms with Gasteiger partial charge >= 0.3 is 11.9 Å². The smallest absolute Gasteiger partial charge is 0.332 e. The molecule has 0 spiro atoms. The number of halogens is 2. The number of carbonyl (C=O) groups is 7. The zero-order valence-electron chi connectivity index (χ0n) is 74.7. The number of hydrogen-bond donors (Lipinski definition) is 31. The summed E-state index contributed by atoms with van der Waals surface area (Å²) in [6.07, 6.45) is -104. The molecule has 5 amide bonds. The summed E-state index contributed by atoms with van der Waals surface area (Å²) < 4.78 is 159. The van der Waals surface area contributed by atoms with Crippen LogP contribution in [-0.2, 0) is 138 Å². The number of nitrogens with one attached hydrogen (secondary N) is 5. The molecule has 60 nitrogen and oxygen atoms in total. The molecule has 0 aromatic rings. The van der Waals surface area contributed by atoms with Crippen LogP contribution in [0, 0.1) is 0 Å². The maximum Gasteiger partial charge on any atom is 0.332 e. The molecule has 10 aliphatic rings. The monoisotopic (exact) mass is 2040 g/mol. The van der Waals surface area contributed by atoms with Crippen molar-refractivity contribution in [1.82, 2.24) is 26.6 Å². The predicted molar refractivity (Wildman–Crippen MR) is 424 cm³/mol. The molecule has 10 fully saturated rings. The summed E-state index contributed by atoms with van der Waals surface area (Å²) in [5.41, 5.74) is 0. The first-order valence-corrected chi connectivity index (χ1v) is 43.7. The van der Waals surface area contributed by atoms with Gasteiger partial charge in [0.05, 0.1) is 103 Å². The van der Waals surface area contributed by atoms with Crippen LogP contribution in [0.1, 0.15) is 47.5 Å². The second-order valence-corrected chi connectivity index (χ2v) is 34.3. The van der Waals surface area contributed by atoms with Crippen molar-refractivity contribution in [3.8, 4) is 0 Å². The van der Waals surface area contributed by atoms with Gasteiger partial charge in [-0.25, -0.2) is 8.78 Å². The number of methoxy groups -OCH3 is 1. The minimum absolute atomic E-state index is 0.356. The Morgan fingerprint density at radius 3 is 0.935 bits per heavy atom. The van der Waals surface area contributed by atoms with Gasteiger partial charge in [0.25, 0.3) is 12.9 Å². The van der Waals surface area contributed by atoms with E-state index in [1.54, 1.807) is 0 Å². The minimum Gasteiger partial charge on any atom is -0.410 e. The first kappa shape index (κ1) is 115. The molecule has 10 saturated heterocycles. The van der Waals surface area contributed by atoms with Crippen molar-refractivity contribution < 1.29 is 279 Å². The molecular formula is C77H125F2N5O55. The van der Waals surface area contributed by atoms with E-state index in [1.807, 2.05) is 0 Å². The average Bonchev–Trinajstić information content (AvgIpc) is 0.758. The molecule has 139 heavy (non-hydrogen) atoms. The third-order valence-electron chi connectivity index (χ3n) is 24.7. The van der Waals surface area contributed by atoms with Gasteiger partial charge < -0.3 is 264 Å². The molecule has 48 unspecified atom stereocenters. The topological polar surface area (TPSA) is 909 Å². The number of amides is 5. The van der Waals surface area contributed by atoms with Gasteiger partial charge in [0, 0.05) is 41.7 Å². The first-order chi connectivity index (χ1) is 65.8. The SMILES string of the molecule is COC1OC(CO)C(OC2OC(COC3OC(CO)C(O)C(O)C3OC3OC(CO)C(OC4OC(CO)C(O)C(OC5(OC=O)CC(O)C(NC(C)=O)C([C@H](O)[C@H](F)CO)O5)C4O)C(O)C3NC(C)=O)C(O)C(OC3OC(CO)C(O)C(O)C3OC3OC(CO)C(OC4OC(CO)C(O)C(OC5(OC=O)CC(O)C(NC(C)=O)C([C@H](O)[C@H](F)CO)O5)C4O)C(O)C3NC(C)=O)C2O)C(O)C1NC(C)=O. The highest BCUT2D eigenvalue weighted by Gasteiger charge is 2.65. The van der Waals surface area contributed by atoms with E-state index >= 15 is 8.78 Å². The summed E-state index contributed by atoms with van der Waals surface area (Å²) in [5, 5.41) is 307. The second kappa shape index (κ2) is 50.6. The van der Waals surface area contributed by atoms with E-state index in [0.717, 1.165) is 41.7 Å². The fourth-order valence-electron chi connectivity index (χ4n) is 17.8. The molecular weight excluding hydrogens is 1910 g/mol. The standard InChI is InChI=1S/C77H125F2N5O55/c1-21(96)80-38-28(101)7-76(120-19-94,136-61(38)43(103)26(78)9-85)138-64-47(107)32(13-89)122-72(56(64)116)131-59-35(16-92)127-69(41(51(59)111)83-24(4)99)134-66-53(113)45(105)30(11-87)124-74(66)119-18-37-49(109)63(55(115)71(129-37)130-58-34(15-91)126-68(118-6)40(50(58)110)82-23(3)98)133-75-67(54(114)46(106)31(12-88)125-75)135-70-42(84-25(5)100)52(112)60(36(17-93)128-70)132-73-57(117)65(48(108)33(14-90)123-73)139-77(121-20-95)8-29(102)39(81-22(2)97)62(137-77)44(104)27(79)10-86/h19-20,26-75,85-93,101-117H,7-18H2,1-6H3,(H,80,96)(H,81,97)(H,82,98)(H,83,99)(H,84,100)/t26-,27-,28?,29?,30?,31?,32?,33?,34?,35?,36?,37?,38?,39?,40?,41?,42?,43-,44-,45?,46?,47?,48?,49?,50?,51?,52?,53?,54?,55?,56?,57?,58?,59?,60?,61?,62?,63?,64?,65?,66?,67?,68?,69?,70?,71?,72?,73?,74?,75?,76?,77?/m1/s1. The number of aliphatic hydroxyl groups is 26. The summed E-state index contributed by atoms with van der Waals surface area (Å²) in [7, 11) is 1.08. The van der Waals surface area contributed by atoms with Gasteiger partial charge in [-0.15, -0.1) is 0 Å². The Balaban J connectivity index is 0.935. The molecule has 0 bridgehead atoms. The lowest BCUT2D eigenvalue weighted by molar-refractivity contribution is -0.445. The third-order valence-corrected chi connectivity index (χ3v) is 24.7. The van der Waals surface area contributed by atoms with Gasteiger partial charge in [-0.2, -0.15) is 0 Å². The van der Waals surface area contributed by atoms with Crippen LogP contribution < -0.4 is 26.6 Å². The molecule has 10 heterocycles. The summed E-state index contributed by atoms with van der Waals surface area (Å²) in [5.74, 6) is -10.9. The van der Waals surface area contributed by atoms with Gasteiger partial charge in [-0.3, -0.25) is 33.6 Å². The van der Waals surface area contributed by atoms with Crippen LogP contribution in [0.4, 0.5) is 8.78 Å². The molecule has 0 aromatic carbocycles. The molecule has 10 rings (SSSR count). The van der Waals surface area contributed by atoms with Crippen molar-refractivity contribution in [3.63, 3.8) is 0 Å². The van der Waals surface area contributed by atoms with Crippen molar-refractivity contribution in [1.29, 1.82) is 0 Å². The molecule has 10 aliphatic heterocycles. The molecule has 802 valence electrons. The molecule has 0 saturated carbocycles. The lowest BCUT2D eigenvalue weighted by Crippen LogP contribution is -2.71. The van der Waals surface area contributed by atoms with Crippen LogP contribution in [0.3, 0.4) is 0 Å². The number of aliphatic hydroxyl groups excluding tert-OH is 26. The number of ether oxygens (including phenoxy) is 22. The normalized spacial score (nSPS) is 45.9. The fourth-order valence-corrected chi connectivity index (χ4v) is 17.8. The van der Waals surface area contributed by atoms with E-state index in [2.05, 4.69) is 26.6 Å². The Hall–Kier alpha value is -5.69. The van der Waals surface area contributed by atoms with Crippen molar-refractivity contribution in [3.05, 3.63) is 0 Å². The molecule has 52 atom stereocenters. The molecule has 62 heteroatoms. The number of carbonyl (C=O) groups excluding carboxylic acids is 7. The maximum atomic E-state index is 15.1. The highest BCUT2D eigenvalue weighted by Crippen LogP contribution is 2.45. The van der Waals surface area contributed by atoms with E-state index in [9.17, 15) is 166 Å². The van der Waals surface area contributed by atoms with Crippen molar-refractivity contribution in [2.75, 3.05) is 73.2 Å². The van der Waals surface area contributed by atoms with Crippen LogP contribution in [0.15, 0.2) is 0 Å². The average molecular weight is 2040 g/mol. The number of hydrogen-bond acceptors (Lipinski definition) is 55. The maximum absolute atomic E-state index is 15.1. The predicted octanol–water partition coefficient (Wildman–Crippen LogP) is -21.0. The molecule has 31 N–H and O–H groups in total. The second-order valence-electron chi connectivity index (χ2n) is 34.3. The van der Waals surface area contributed by atoms with Crippen molar-refractivity contribution >= 4 is 42.5 Å². The van der Waals surface area contributed by atoms with Crippen LogP contribution in [0.2, 0.25) is 0 Å². The Labute approximate surface area is 785 Å². The first-order valence-electron chi connectivity index (χ1n) is 43.7. The van der Waals surface area contributed by atoms with Crippen LogP contribution in [-0.4, -0.2) is 567 Å². The summed E-state index contributed by atoms with van der Waals surface area (Å²) in [6, 6.07) is -9.35. The van der Waals surface area contributed by atoms with E-state index in [-0.39, 0.29) is 12.9 Å². The lowest BCUT2D eigenvalue weighted by atomic mass is 9.91. The van der Waals surface area contributed by atoms with Gasteiger partial charge in [-0.05, 0) is 0 Å². The van der Waals surface area contributed by atoms with E-state index < -0.39 is 427 Å². The fraction of sp³-hybridized carbons (Fsp3) is 0.909. The molecule has 0 radical (unpaired) electrons. The Bertz CT molecular complexity index is 3890. The van der Waals surface area contributed by atoms with Gasteiger partial charge in [0.15, 0.2) is 62.7 Å². The van der Waals surface area contributed by atoms with E-state index in [0.29, 0.717) is 0 Å². The highest BCUT2D eigenvalue weighted by atomic mass is 19.1. The Morgan fingerprint density at radius 1 is 0.331 bits per heavy atom. The van der Waals surface area contributed by atoms with Gasteiger partial charge in [0.1, 0.15) is 220 Å². The summed E-state index contributed by atoms with van der Waals surface area (Å²) in [6.45, 7) is -8.65. The van der Waals surface area contributed by atoms with Crippen molar-refractivity contribution in [2.45, 2.75) is 366 Å². The highest BCUT2D eigenvalue weighted by molar-refractivity contribution is 5.75. The molecule has 0 aliphatic carbocycles. The quantitative estimate of drug-likeness (QED) is 0.0199. The Kier molecular flexibility index (Phi) is 42.0. The largest absolute Gasteiger partial charge is 0.410 e. The minimum atomic E-state index is -3.12. The van der Waals surface area contributed by atoms with E-state index in [4.69, 9.17) is 104 Å².